The molecule has 0 unspecified atom stereocenters. The number of hydrogen-bond acceptors (Lipinski definition) is 6. The largest absolute Gasteiger partial charge is 0.373 e. The molecular formula is C21H26FN7. The fourth-order valence-electron chi connectivity index (χ4n) is 3.63. The average Bonchev–Trinajstić information content (AvgIpc) is 3.34. The van der Waals surface area contributed by atoms with E-state index in [9.17, 15) is 4.39 Å². The topological polar surface area (TPSA) is 70.9 Å². The summed E-state index contributed by atoms with van der Waals surface area (Å²) in [6.45, 7) is 4.55. The molecule has 0 spiro atoms. The first-order valence-corrected chi connectivity index (χ1v) is 9.98. The molecule has 29 heavy (non-hydrogen) atoms. The fourth-order valence-corrected chi connectivity index (χ4v) is 3.63. The SMILES string of the molecule is CNc1nc(NCCCCn2cnc(C)c2)nc2c1CCN2c1ccc(F)cc1. The van der Waals surface area contributed by atoms with Gasteiger partial charge in [-0.3, -0.25) is 0 Å². The van der Waals surface area contributed by atoms with Crippen molar-refractivity contribution in [1.82, 2.24) is 19.5 Å². The summed E-state index contributed by atoms with van der Waals surface area (Å²) in [6, 6.07) is 6.54. The summed E-state index contributed by atoms with van der Waals surface area (Å²) in [5.74, 6) is 2.10. The molecule has 0 radical (unpaired) electrons. The number of rotatable bonds is 8. The van der Waals surface area contributed by atoms with Gasteiger partial charge in [0.25, 0.3) is 0 Å². The lowest BCUT2D eigenvalue weighted by atomic mass is 10.2. The number of fused-ring (bicyclic) bond motifs is 1. The second-order valence-corrected chi connectivity index (χ2v) is 7.21. The lowest BCUT2D eigenvalue weighted by Crippen LogP contribution is -2.16. The normalized spacial score (nSPS) is 12.9. The number of aryl methyl sites for hydroxylation is 2. The van der Waals surface area contributed by atoms with Gasteiger partial charge in [-0.25, -0.2) is 9.37 Å². The summed E-state index contributed by atoms with van der Waals surface area (Å²) in [5.41, 5.74) is 3.07. The molecule has 3 aromatic rings. The van der Waals surface area contributed by atoms with E-state index < -0.39 is 0 Å². The van der Waals surface area contributed by atoms with Gasteiger partial charge >= 0.3 is 0 Å². The van der Waals surface area contributed by atoms with E-state index in [4.69, 9.17) is 4.98 Å². The molecule has 0 atom stereocenters. The predicted octanol–water partition coefficient (Wildman–Crippen LogP) is 3.75. The van der Waals surface area contributed by atoms with E-state index in [1.54, 1.807) is 12.1 Å². The van der Waals surface area contributed by atoms with Gasteiger partial charge in [-0.15, -0.1) is 0 Å². The van der Waals surface area contributed by atoms with Crippen LogP contribution >= 0.6 is 0 Å². The van der Waals surface area contributed by atoms with Crippen molar-refractivity contribution in [3.05, 3.63) is 53.9 Å². The molecule has 7 nitrogen and oxygen atoms in total. The lowest BCUT2D eigenvalue weighted by Gasteiger charge is -2.19. The van der Waals surface area contributed by atoms with Crippen LogP contribution in [0.4, 0.5) is 27.7 Å². The zero-order chi connectivity index (χ0) is 20.2. The van der Waals surface area contributed by atoms with E-state index in [1.807, 2.05) is 20.3 Å². The summed E-state index contributed by atoms with van der Waals surface area (Å²) in [6.07, 6.45) is 6.84. The quantitative estimate of drug-likeness (QED) is 0.566. The Morgan fingerprint density at radius 3 is 2.69 bits per heavy atom. The molecule has 1 aliphatic heterocycles. The van der Waals surface area contributed by atoms with E-state index in [0.717, 1.165) is 67.5 Å². The standard InChI is InChI=1S/C21H26FN7/c1-15-13-28(14-25-15)11-4-3-10-24-21-26-19(23-2)18-9-12-29(20(18)27-21)17-7-5-16(22)6-8-17/h5-8,13-14H,3-4,9-12H2,1-2H3,(H2,23,24,26,27). The van der Waals surface area contributed by atoms with Gasteiger partial charge in [-0.2, -0.15) is 9.97 Å². The van der Waals surface area contributed by atoms with Crippen LogP contribution in [0.3, 0.4) is 0 Å². The van der Waals surface area contributed by atoms with Crippen molar-refractivity contribution >= 4 is 23.3 Å². The number of unbranched alkanes of at least 4 members (excludes halogenated alkanes) is 1. The third kappa shape index (κ3) is 4.31. The van der Waals surface area contributed by atoms with Crippen molar-refractivity contribution in [3.8, 4) is 0 Å². The molecule has 0 bridgehead atoms. The van der Waals surface area contributed by atoms with Gasteiger partial charge in [0, 0.05) is 44.1 Å². The fraction of sp³-hybridized carbons (Fsp3) is 0.381. The van der Waals surface area contributed by atoms with Gasteiger partial charge in [0.1, 0.15) is 17.5 Å². The first-order valence-electron chi connectivity index (χ1n) is 9.98. The first-order chi connectivity index (χ1) is 14.1. The minimum Gasteiger partial charge on any atom is -0.373 e. The number of hydrogen-bond donors (Lipinski definition) is 2. The van der Waals surface area contributed by atoms with Crippen molar-refractivity contribution in [2.75, 3.05) is 35.7 Å². The van der Waals surface area contributed by atoms with E-state index in [0.29, 0.717) is 5.95 Å². The molecule has 4 rings (SSSR count). The van der Waals surface area contributed by atoms with Gasteiger partial charge in [0.2, 0.25) is 5.95 Å². The number of aromatic nitrogens is 4. The summed E-state index contributed by atoms with van der Waals surface area (Å²) in [4.78, 5) is 15.7. The van der Waals surface area contributed by atoms with Crippen LogP contribution in [0.5, 0.6) is 0 Å². The van der Waals surface area contributed by atoms with Crippen LogP contribution in [0.1, 0.15) is 24.1 Å². The highest BCUT2D eigenvalue weighted by atomic mass is 19.1. The van der Waals surface area contributed by atoms with Crippen molar-refractivity contribution in [3.63, 3.8) is 0 Å². The Morgan fingerprint density at radius 2 is 1.97 bits per heavy atom. The van der Waals surface area contributed by atoms with E-state index >= 15 is 0 Å². The Kier molecular flexibility index (Phi) is 5.59. The van der Waals surface area contributed by atoms with Crippen LogP contribution in [-0.2, 0) is 13.0 Å². The highest BCUT2D eigenvalue weighted by molar-refractivity contribution is 5.72. The number of imidazole rings is 1. The summed E-state index contributed by atoms with van der Waals surface area (Å²) < 4.78 is 15.4. The van der Waals surface area contributed by atoms with Gasteiger partial charge in [0.05, 0.1) is 12.0 Å². The number of nitrogens with zero attached hydrogens (tertiary/aromatic N) is 5. The third-order valence-corrected chi connectivity index (χ3v) is 5.09. The van der Waals surface area contributed by atoms with Crippen LogP contribution in [0.25, 0.3) is 0 Å². The van der Waals surface area contributed by atoms with Gasteiger partial charge in [-0.1, -0.05) is 0 Å². The van der Waals surface area contributed by atoms with Crippen molar-refractivity contribution in [2.45, 2.75) is 32.7 Å². The summed E-state index contributed by atoms with van der Waals surface area (Å²) in [7, 11) is 1.88. The van der Waals surface area contributed by atoms with Crippen LogP contribution in [0.2, 0.25) is 0 Å². The molecule has 0 aliphatic carbocycles. The molecule has 0 fully saturated rings. The molecule has 0 saturated carbocycles. The van der Waals surface area contributed by atoms with Crippen molar-refractivity contribution < 1.29 is 4.39 Å². The average molecular weight is 395 g/mol. The molecule has 0 saturated heterocycles. The number of benzene rings is 1. The molecule has 2 aromatic heterocycles. The molecule has 3 heterocycles. The Morgan fingerprint density at radius 1 is 1.14 bits per heavy atom. The van der Waals surface area contributed by atoms with Gasteiger partial charge in [0.15, 0.2) is 0 Å². The lowest BCUT2D eigenvalue weighted by molar-refractivity contribution is 0.620. The first kappa shape index (κ1) is 19.2. The zero-order valence-corrected chi connectivity index (χ0v) is 16.8. The van der Waals surface area contributed by atoms with Crippen LogP contribution in [0.15, 0.2) is 36.8 Å². The van der Waals surface area contributed by atoms with E-state index in [2.05, 4.69) is 36.3 Å². The Bertz CT molecular complexity index is 968. The Balaban J connectivity index is 1.41. The maximum absolute atomic E-state index is 13.3. The Labute approximate surface area is 170 Å². The van der Waals surface area contributed by atoms with E-state index in [1.165, 1.54) is 12.1 Å². The second kappa shape index (κ2) is 8.46. The Hall–Kier alpha value is -3.16. The van der Waals surface area contributed by atoms with Crippen LogP contribution in [-0.4, -0.2) is 39.7 Å². The third-order valence-electron chi connectivity index (χ3n) is 5.09. The maximum atomic E-state index is 13.3. The van der Waals surface area contributed by atoms with E-state index in [-0.39, 0.29) is 5.82 Å². The minimum absolute atomic E-state index is 0.236. The van der Waals surface area contributed by atoms with Crippen molar-refractivity contribution in [1.29, 1.82) is 0 Å². The number of halogens is 1. The molecule has 8 heteroatoms. The molecule has 2 N–H and O–H groups in total. The number of anilines is 4. The molecular weight excluding hydrogens is 369 g/mol. The van der Waals surface area contributed by atoms with Crippen LogP contribution in [0, 0.1) is 12.7 Å². The molecule has 1 aliphatic rings. The van der Waals surface area contributed by atoms with Crippen molar-refractivity contribution in [2.24, 2.45) is 0 Å². The molecule has 1 aromatic carbocycles. The monoisotopic (exact) mass is 395 g/mol. The zero-order valence-electron chi connectivity index (χ0n) is 16.8. The second-order valence-electron chi connectivity index (χ2n) is 7.21. The summed E-state index contributed by atoms with van der Waals surface area (Å²) >= 11 is 0. The smallest absolute Gasteiger partial charge is 0.226 e. The number of nitrogens with one attached hydrogen (secondary N) is 2. The highest BCUT2D eigenvalue weighted by Crippen LogP contribution is 2.36. The van der Waals surface area contributed by atoms with Gasteiger partial charge in [-0.05, 0) is 50.5 Å². The highest BCUT2D eigenvalue weighted by Gasteiger charge is 2.26. The minimum atomic E-state index is -0.236. The van der Waals surface area contributed by atoms with Gasteiger partial charge < -0.3 is 20.1 Å². The summed E-state index contributed by atoms with van der Waals surface area (Å²) in [5, 5.41) is 6.53. The maximum Gasteiger partial charge on any atom is 0.226 e. The molecule has 152 valence electrons. The van der Waals surface area contributed by atoms with Crippen LogP contribution < -0.4 is 15.5 Å². The predicted molar refractivity (Wildman–Crippen MR) is 113 cm³/mol. The molecule has 0 amide bonds.